The molecule has 0 aliphatic carbocycles. The van der Waals surface area contributed by atoms with Gasteiger partial charge in [-0.25, -0.2) is 9.37 Å². The zero-order valence-corrected chi connectivity index (χ0v) is 19.1. The van der Waals surface area contributed by atoms with Gasteiger partial charge in [-0.15, -0.1) is 11.3 Å². The number of nitrogens with zero attached hydrogens (tertiary/aromatic N) is 2. The number of hydrogen-bond donors (Lipinski definition) is 1. The second-order valence-corrected chi connectivity index (χ2v) is 8.82. The molecule has 33 heavy (non-hydrogen) atoms. The van der Waals surface area contributed by atoms with Gasteiger partial charge in [-0.2, -0.15) is 5.26 Å². The molecule has 0 fully saturated rings. The summed E-state index contributed by atoms with van der Waals surface area (Å²) in [5, 5.41) is 13.2. The van der Waals surface area contributed by atoms with Crippen LogP contribution in [0.4, 0.5) is 9.52 Å². The highest BCUT2D eigenvalue weighted by Gasteiger charge is 2.14. The van der Waals surface area contributed by atoms with Gasteiger partial charge in [-0.05, 0) is 48.0 Å². The molecule has 0 saturated heterocycles. The quantitative estimate of drug-likeness (QED) is 0.230. The van der Waals surface area contributed by atoms with Crippen LogP contribution in [0.5, 0.6) is 0 Å². The number of aromatic nitrogens is 1. The molecule has 4 aromatic rings. The first kappa shape index (κ1) is 22.7. The first-order valence-electron chi connectivity index (χ1n) is 9.59. The number of benzene rings is 2. The van der Waals surface area contributed by atoms with Crippen LogP contribution in [0.3, 0.4) is 0 Å². The number of furan rings is 1. The molecular weight excluding hydrogens is 484 g/mol. The number of carbonyl (C=O) groups excluding carboxylic acids is 1. The minimum absolute atomic E-state index is 0.139. The van der Waals surface area contributed by atoms with Gasteiger partial charge in [0.2, 0.25) is 0 Å². The largest absolute Gasteiger partial charge is 0.457 e. The summed E-state index contributed by atoms with van der Waals surface area (Å²) in [7, 11) is 0. The van der Waals surface area contributed by atoms with Crippen molar-refractivity contribution in [2.45, 2.75) is 6.42 Å². The molecule has 2 heterocycles. The summed E-state index contributed by atoms with van der Waals surface area (Å²) in [5.74, 6) is -0.0538. The van der Waals surface area contributed by atoms with Crippen molar-refractivity contribution in [1.82, 2.24) is 4.98 Å². The van der Waals surface area contributed by atoms with Gasteiger partial charge in [0.05, 0.1) is 10.0 Å². The molecule has 0 bridgehead atoms. The van der Waals surface area contributed by atoms with Gasteiger partial charge in [0.1, 0.15) is 29.0 Å². The van der Waals surface area contributed by atoms with Crippen LogP contribution in [-0.2, 0) is 11.2 Å². The van der Waals surface area contributed by atoms with E-state index in [1.807, 2.05) is 6.07 Å². The van der Waals surface area contributed by atoms with Crippen molar-refractivity contribution in [3.63, 3.8) is 0 Å². The molecule has 0 spiro atoms. The van der Waals surface area contributed by atoms with Crippen molar-refractivity contribution >= 4 is 51.7 Å². The average Bonchev–Trinajstić information content (AvgIpc) is 3.45. The molecule has 0 aliphatic heterocycles. The number of amides is 1. The van der Waals surface area contributed by atoms with E-state index in [2.05, 4.69) is 10.3 Å². The van der Waals surface area contributed by atoms with Crippen LogP contribution in [0.15, 0.2) is 70.8 Å². The maximum atomic E-state index is 13.1. The Labute approximate surface area is 202 Å². The fourth-order valence-electron chi connectivity index (χ4n) is 2.94. The molecular formula is C24H14Cl2FN3O2S. The van der Waals surface area contributed by atoms with E-state index in [-0.39, 0.29) is 11.4 Å². The van der Waals surface area contributed by atoms with Crippen molar-refractivity contribution < 1.29 is 13.6 Å². The normalized spacial score (nSPS) is 11.3. The van der Waals surface area contributed by atoms with Crippen molar-refractivity contribution in [3.05, 3.63) is 98.4 Å². The number of hydrogen-bond acceptors (Lipinski definition) is 5. The molecule has 0 saturated carbocycles. The van der Waals surface area contributed by atoms with Crippen molar-refractivity contribution in [3.8, 4) is 17.4 Å². The Hall–Kier alpha value is -3.44. The summed E-state index contributed by atoms with van der Waals surface area (Å²) in [6, 6.07) is 16.5. The standard InChI is InChI=1S/C24H14Cl2FN3O2S/c25-20-7-3-15(11-21(20)26)22-8-6-18(32-22)10-16(12-28)23(31)30-24-29-13-19(33-24)9-14-1-4-17(27)5-2-14/h1-8,10-11,13H,9H2,(H,29,30,31). The smallest absolute Gasteiger partial charge is 0.268 e. The fourth-order valence-corrected chi connectivity index (χ4v) is 4.08. The van der Waals surface area contributed by atoms with Crippen molar-refractivity contribution in [2.75, 3.05) is 5.32 Å². The summed E-state index contributed by atoms with van der Waals surface area (Å²) < 4.78 is 18.8. The lowest BCUT2D eigenvalue weighted by atomic mass is 10.1. The molecule has 2 aromatic heterocycles. The molecule has 2 aromatic carbocycles. The molecule has 5 nitrogen and oxygen atoms in total. The van der Waals surface area contributed by atoms with Crippen LogP contribution in [0.25, 0.3) is 17.4 Å². The van der Waals surface area contributed by atoms with Crippen LogP contribution in [0.2, 0.25) is 10.0 Å². The Morgan fingerprint density at radius 1 is 1.15 bits per heavy atom. The van der Waals surface area contributed by atoms with Crippen LogP contribution >= 0.6 is 34.5 Å². The third-order valence-electron chi connectivity index (χ3n) is 4.55. The van der Waals surface area contributed by atoms with E-state index < -0.39 is 5.91 Å². The number of halogens is 3. The van der Waals surface area contributed by atoms with Crippen LogP contribution in [0.1, 0.15) is 16.2 Å². The Morgan fingerprint density at radius 3 is 2.67 bits per heavy atom. The first-order valence-corrected chi connectivity index (χ1v) is 11.2. The molecule has 0 aliphatic rings. The summed E-state index contributed by atoms with van der Waals surface area (Å²) in [6.07, 6.45) is 3.54. The van der Waals surface area contributed by atoms with Gasteiger partial charge in [-0.3, -0.25) is 10.1 Å². The van der Waals surface area contributed by atoms with E-state index in [4.69, 9.17) is 27.6 Å². The lowest BCUT2D eigenvalue weighted by molar-refractivity contribution is -0.112. The van der Waals surface area contributed by atoms with Gasteiger partial charge >= 0.3 is 0 Å². The van der Waals surface area contributed by atoms with Crippen LogP contribution < -0.4 is 5.32 Å². The topological polar surface area (TPSA) is 78.9 Å². The zero-order chi connectivity index (χ0) is 23.4. The van der Waals surface area contributed by atoms with Crippen molar-refractivity contribution in [2.24, 2.45) is 0 Å². The molecule has 0 radical (unpaired) electrons. The number of rotatable bonds is 6. The number of thiazole rings is 1. The monoisotopic (exact) mass is 497 g/mol. The summed E-state index contributed by atoms with van der Waals surface area (Å²) in [4.78, 5) is 17.6. The molecule has 164 valence electrons. The highest BCUT2D eigenvalue weighted by atomic mass is 35.5. The minimum Gasteiger partial charge on any atom is -0.457 e. The zero-order valence-electron chi connectivity index (χ0n) is 16.8. The lowest BCUT2D eigenvalue weighted by Crippen LogP contribution is -2.13. The van der Waals surface area contributed by atoms with E-state index in [1.54, 1.807) is 48.7 Å². The third-order valence-corrected chi connectivity index (χ3v) is 6.20. The maximum Gasteiger partial charge on any atom is 0.268 e. The predicted molar refractivity (Wildman–Crippen MR) is 128 cm³/mol. The lowest BCUT2D eigenvalue weighted by Gasteiger charge is -2.00. The van der Waals surface area contributed by atoms with E-state index in [0.717, 1.165) is 10.4 Å². The van der Waals surface area contributed by atoms with Gasteiger partial charge in [0.25, 0.3) is 5.91 Å². The summed E-state index contributed by atoms with van der Waals surface area (Å²) in [5.41, 5.74) is 1.50. The Kier molecular flexibility index (Phi) is 6.90. The second kappa shape index (κ2) is 10.0. The molecule has 1 N–H and O–H groups in total. The van der Waals surface area contributed by atoms with E-state index in [0.29, 0.717) is 38.7 Å². The number of nitrogens with one attached hydrogen (secondary N) is 1. The third kappa shape index (κ3) is 5.68. The van der Waals surface area contributed by atoms with E-state index in [9.17, 15) is 14.4 Å². The van der Waals surface area contributed by atoms with E-state index >= 15 is 0 Å². The Bertz CT molecular complexity index is 1390. The van der Waals surface area contributed by atoms with Gasteiger partial charge in [0, 0.05) is 29.1 Å². The maximum absolute atomic E-state index is 13.1. The highest BCUT2D eigenvalue weighted by Crippen LogP contribution is 2.30. The van der Waals surface area contributed by atoms with Crippen LogP contribution in [-0.4, -0.2) is 10.9 Å². The predicted octanol–water partition coefficient (Wildman–Crippen LogP) is 6.99. The number of carbonyl (C=O) groups is 1. The fraction of sp³-hybridized carbons (Fsp3) is 0.0417. The summed E-state index contributed by atoms with van der Waals surface area (Å²) in [6.45, 7) is 0. The Morgan fingerprint density at radius 2 is 1.94 bits per heavy atom. The molecule has 4 rings (SSSR count). The molecule has 0 unspecified atom stereocenters. The first-order chi connectivity index (χ1) is 15.9. The Balaban J connectivity index is 1.45. The van der Waals surface area contributed by atoms with Gasteiger partial charge in [-0.1, -0.05) is 35.3 Å². The van der Waals surface area contributed by atoms with E-state index in [1.165, 1.54) is 29.5 Å². The number of nitriles is 1. The molecule has 9 heteroatoms. The molecule has 1 amide bonds. The van der Waals surface area contributed by atoms with Crippen molar-refractivity contribution in [1.29, 1.82) is 5.26 Å². The molecule has 0 atom stereocenters. The number of anilines is 1. The van der Waals surface area contributed by atoms with Crippen LogP contribution in [0, 0.1) is 17.1 Å². The summed E-state index contributed by atoms with van der Waals surface area (Å²) >= 11 is 13.3. The van der Waals surface area contributed by atoms with Gasteiger partial charge < -0.3 is 4.42 Å². The van der Waals surface area contributed by atoms with Gasteiger partial charge in [0.15, 0.2) is 5.13 Å². The average molecular weight is 498 g/mol. The minimum atomic E-state index is -0.604. The highest BCUT2D eigenvalue weighted by molar-refractivity contribution is 7.15. The SMILES string of the molecule is N#CC(=Cc1ccc(-c2ccc(Cl)c(Cl)c2)o1)C(=O)Nc1ncc(Cc2ccc(F)cc2)s1. The second-order valence-electron chi connectivity index (χ2n) is 6.89.